The normalized spacial score (nSPS) is 25.2. The molecule has 0 aromatic rings. The monoisotopic (exact) mass is 242 g/mol. The molecule has 1 aliphatic heterocycles. The van der Waals surface area contributed by atoms with Crippen LogP contribution < -0.4 is 5.32 Å². The molecule has 2 unspecified atom stereocenters. The van der Waals surface area contributed by atoms with Gasteiger partial charge in [0, 0.05) is 25.0 Å². The van der Waals surface area contributed by atoms with E-state index in [0.29, 0.717) is 19.4 Å². The molecule has 1 saturated heterocycles. The minimum atomic E-state index is -0.730. The Morgan fingerprint density at radius 3 is 2.59 bits per heavy atom. The SMILES string of the molecule is CC(C)NC(=O)CCN1CCC(C(=O)O)C1C. The molecule has 0 radical (unpaired) electrons. The van der Waals surface area contributed by atoms with Gasteiger partial charge in [-0.1, -0.05) is 0 Å². The summed E-state index contributed by atoms with van der Waals surface area (Å²) < 4.78 is 0. The van der Waals surface area contributed by atoms with E-state index < -0.39 is 5.97 Å². The summed E-state index contributed by atoms with van der Waals surface area (Å²) in [5, 5.41) is 11.8. The Bertz CT molecular complexity index is 291. The zero-order valence-electron chi connectivity index (χ0n) is 10.8. The fraction of sp³-hybridized carbons (Fsp3) is 0.833. The van der Waals surface area contributed by atoms with Crippen LogP contribution in [0.2, 0.25) is 0 Å². The molecule has 2 atom stereocenters. The average Bonchev–Trinajstić information content (AvgIpc) is 2.55. The standard InChI is InChI=1S/C12H22N2O3/c1-8(2)13-11(15)5-7-14-6-4-10(9(14)3)12(16)17/h8-10H,4-7H2,1-3H3,(H,13,15)(H,16,17). The molecular weight excluding hydrogens is 220 g/mol. The lowest BCUT2D eigenvalue weighted by atomic mass is 10.0. The van der Waals surface area contributed by atoms with E-state index in [0.717, 1.165) is 6.54 Å². The lowest BCUT2D eigenvalue weighted by Gasteiger charge is -2.22. The number of nitrogens with zero attached hydrogens (tertiary/aromatic N) is 1. The molecule has 0 aliphatic carbocycles. The van der Waals surface area contributed by atoms with Crippen molar-refractivity contribution in [2.45, 2.75) is 45.7 Å². The smallest absolute Gasteiger partial charge is 0.308 e. The van der Waals surface area contributed by atoms with Crippen LogP contribution in [0.3, 0.4) is 0 Å². The lowest BCUT2D eigenvalue weighted by Crippen LogP contribution is -2.37. The predicted molar refractivity (Wildman–Crippen MR) is 64.7 cm³/mol. The van der Waals surface area contributed by atoms with Crippen LogP contribution >= 0.6 is 0 Å². The number of amides is 1. The molecule has 0 aromatic carbocycles. The molecule has 1 aliphatic rings. The minimum absolute atomic E-state index is 0.0272. The third-order valence-corrected chi connectivity index (χ3v) is 3.28. The first-order valence-corrected chi connectivity index (χ1v) is 6.18. The molecule has 17 heavy (non-hydrogen) atoms. The average molecular weight is 242 g/mol. The van der Waals surface area contributed by atoms with Crippen molar-refractivity contribution >= 4 is 11.9 Å². The first-order valence-electron chi connectivity index (χ1n) is 6.18. The molecule has 5 heteroatoms. The highest BCUT2D eigenvalue weighted by atomic mass is 16.4. The van der Waals surface area contributed by atoms with Crippen LogP contribution in [0, 0.1) is 5.92 Å². The Morgan fingerprint density at radius 1 is 1.47 bits per heavy atom. The van der Waals surface area contributed by atoms with E-state index in [1.54, 1.807) is 0 Å². The van der Waals surface area contributed by atoms with E-state index >= 15 is 0 Å². The van der Waals surface area contributed by atoms with Crippen molar-refractivity contribution in [3.05, 3.63) is 0 Å². The molecular formula is C12H22N2O3. The molecule has 0 spiro atoms. The highest BCUT2D eigenvalue weighted by Gasteiger charge is 2.35. The Hall–Kier alpha value is -1.10. The largest absolute Gasteiger partial charge is 0.481 e. The number of likely N-dealkylation sites (tertiary alicyclic amines) is 1. The van der Waals surface area contributed by atoms with Crippen LogP contribution in [-0.4, -0.2) is 47.1 Å². The van der Waals surface area contributed by atoms with Crippen LogP contribution in [0.4, 0.5) is 0 Å². The topological polar surface area (TPSA) is 69.6 Å². The number of carboxylic acid groups (broad SMARTS) is 1. The van der Waals surface area contributed by atoms with Crippen LogP contribution in [0.1, 0.15) is 33.6 Å². The number of carbonyl (C=O) groups is 2. The van der Waals surface area contributed by atoms with Crippen LogP contribution in [0.5, 0.6) is 0 Å². The zero-order valence-corrected chi connectivity index (χ0v) is 10.8. The second kappa shape index (κ2) is 6.00. The summed E-state index contributed by atoms with van der Waals surface area (Å²) in [7, 11) is 0. The second-order valence-corrected chi connectivity index (χ2v) is 4.98. The summed E-state index contributed by atoms with van der Waals surface area (Å²) in [6.07, 6.45) is 1.12. The summed E-state index contributed by atoms with van der Waals surface area (Å²) in [4.78, 5) is 24.5. The second-order valence-electron chi connectivity index (χ2n) is 4.98. The van der Waals surface area contributed by atoms with Crippen molar-refractivity contribution in [3.63, 3.8) is 0 Å². The van der Waals surface area contributed by atoms with Gasteiger partial charge in [0.1, 0.15) is 0 Å². The number of aliphatic carboxylic acids is 1. The Morgan fingerprint density at radius 2 is 2.12 bits per heavy atom. The van der Waals surface area contributed by atoms with Crippen LogP contribution in [0.25, 0.3) is 0 Å². The summed E-state index contributed by atoms with van der Waals surface area (Å²) in [5.41, 5.74) is 0. The maximum atomic E-state index is 11.5. The number of nitrogens with one attached hydrogen (secondary N) is 1. The molecule has 0 saturated carbocycles. The summed E-state index contributed by atoms with van der Waals surface area (Å²) in [6, 6.07) is 0.185. The lowest BCUT2D eigenvalue weighted by molar-refractivity contribution is -0.142. The molecule has 0 bridgehead atoms. The van der Waals surface area contributed by atoms with Crippen molar-refractivity contribution in [3.8, 4) is 0 Å². The quantitative estimate of drug-likeness (QED) is 0.744. The Kier molecular flexibility index (Phi) is 4.93. The van der Waals surface area contributed by atoms with Gasteiger partial charge in [-0.2, -0.15) is 0 Å². The molecule has 1 fully saturated rings. The summed E-state index contributed by atoms with van der Waals surface area (Å²) >= 11 is 0. The maximum Gasteiger partial charge on any atom is 0.308 e. The van der Waals surface area contributed by atoms with Gasteiger partial charge in [0.2, 0.25) is 5.91 Å². The van der Waals surface area contributed by atoms with Gasteiger partial charge in [-0.25, -0.2) is 0 Å². The molecule has 1 heterocycles. The third-order valence-electron chi connectivity index (χ3n) is 3.28. The summed E-state index contributed by atoms with van der Waals surface area (Å²) in [5.74, 6) is -0.985. The highest BCUT2D eigenvalue weighted by molar-refractivity contribution is 5.76. The van der Waals surface area contributed by atoms with E-state index in [2.05, 4.69) is 10.2 Å². The van der Waals surface area contributed by atoms with Gasteiger partial charge in [-0.15, -0.1) is 0 Å². The van der Waals surface area contributed by atoms with Gasteiger partial charge in [-0.3, -0.25) is 14.5 Å². The zero-order chi connectivity index (χ0) is 13.0. The van der Waals surface area contributed by atoms with Crippen molar-refractivity contribution in [2.24, 2.45) is 5.92 Å². The molecule has 2 N–H and O–H groups in total. The van der Waals surface area contributed by atoms with Gasteiger partial charge in [0.05, 0.1) is 5.92 Å². The van der Waals surface area contributed by atoms with E-state index in [9.17, 15) is 9.59 Å². The summed E-state index contributed by atoms with van der Waals surface area (Å²) in [6.45, 7) is 7.19. The van der Waals surface area contributed by atoms with E-state index in [1.165, 1.54) is 0 Å². The molecule has 98 valence electrons. The Balaban J connectivity index is 2.34. The van der Waals surface area contributed by atoms with Gasteiger partial charge >= 0.3 is 5.97 Å². The highest BCUT2D eigenvalue weighted by Crippen LogP contribution is 2.24. The van der Waals surface area contributed by atoms with Crippen molar-refractivity contribution in [2.75, 3.05) is 13.1 Å². The molecule has 0 aromatic heterocycles. The number of hydrogen-bond donors (Lipinski definition) is 2. The maximum absolute atomic E-state index is 11.5. The van der Waals surface area contributed by atoms with Gasteiger partial charge in [0.15, 0.2) is 0 Å². The van der Waals surface area contributed by atoms with Crippen molar-refractivity contribution < 1.29 is 14.7 Å². The Labute approximate surface area is 102 Å². The van der Waals surface area contributed by atoms with Gasteiger partial charge in [0.25, 0.3) is 0 Å². The molecule has 1 amide bonds. The molecule has 5 nitrogen and oxygen atoms in total. The van der Waals surface area contributed by atoms with E-state index in [4.69, 9.17) is 5.11 Å². The van der Waals surface area contributed by atoms with E-state index in [-0.39, 0.29) is 23.9 Å². The number of hydrogen-bond acceptors (Lipinski definition) is 3. The number of carboxylic acids is 1. The molecule has 1 rings (SSSR count). The fourth-order valence-corrected chi connectivity index (χ4v) is 2.29. The third kappa shape index (κ3) is 4.00. The number of rotatable bonds is 5. The minimum Gasteiger partial charge on any atom is -0.481 e. The fourth-order valence-electron chi connectivity index (χ4n) is 2.29. The van der Waals surface area contributed by atoms with E-state index in [1.807, 2.05) is 20.8 Å². The first-order chi connectivity index (χ1) is 7.91. The first kappa shape index (κ1) is 14.0. The number of carbonyl (C=O) groups excluding carboxylic acids is 1. The van der Waals surface area contributed by atoms with Crippen molar-refractivity contribution in [1.82, 2.24) is 10.2 Å². The van der Waals surface area contributed by atoms with Crippen molar-refractivity contribution in [1.29, 1.82) is 0 Å². The van der Waals surface area contributed by atoms with Gasteiger partial charge in [-0.05, 0) is 33.7 Å². The van der Waals surface area contributed by atoms with Crippen LogP contribution in [0.15, 0.2) is 0 Å². The van der Waals surface area contributed by atoms with Gasteiger partial charge < -0.3 is 10.4 Å². The predicted octanol–water partition coefficient (Wildman–Crippen LogP) is 0.696. The van der Waals surface area contributed by atoms with Crippen LogP contribution in [-0.2, 0) is 9.59 Å².